The Morgan fingerprint density at radius 1 is 1.29 bits per heavy atom. The number of guanidine groups is 1. The quantitative estimate of drug-likeness (QED) is 0.433. The van der Waals surface area contributed by atoms with E-state index in [0.29, 0.717) is 19.6 Å². The maximum Gasteiger partial charge on any atom is 0.222 e. The lowest BCUT2D eigenvalue weighted by atomic mass is 10.2. The summed E-state index contributed by atoms with van der Waals surface area (Å²) in [5.41, 5.74) is 1.10. The smallest absolute Gasteiger partial charge is 0.222 e. The maximum atomic E-state index is 11.6. The van der Waals surface area contributed by atoms with Crippen LogP contribution < -0.4 is 15.4 Å². The molecule has 0 radical (unpaired) electrons. The molecule has 0 spiro atoms. The van der Waals surface area contributed by atoms with E-state index >= 15 is 0 Å². The third kappa shape index (κ3) is 6.48. The Kier molecular flexibility index (Phi) is 8.68. The van der Waals surface area contributed by atoms with Gasteiger partial charge < -0.3 is 20.3 Å². The number of ether oxygens (including phenoxy) is 1. The Balaban J connectivity index is 2.65. The first-order valence-corrected chi connectivity index (χ1v) is 8.38. The van der Waals surface area contributed by atoms with Crippen molar-refractivity contribution in [2.45, 2.75) is 27.3 Å². The van der Waals surface area contributed by atoms with E-state index < -0.39 is 0 Å². The van der Waals surface area contributed by atoms with E-state index in [1.165, 1.54) is 0 Å². The van der Waals surface area contributed by atoms with Crippen molar-refractivity contribution in [3.05, 3.63) is 29.8 Å². The van der Waals surface area contributed by atoms with Crippen molar-refractivity contribution in [3.63, 3.8) is 0 Å². The van der Waals surface area contributed by atoms with Crippen LogP contribution in [0.4, 0.5) is 0 Å². The molecule has 0 aliphatic heterocycles. The van der Waals surface area contributed by atoms with Gasteiger partial charge in [-0.1, -0.05) is 32.0 Å². The Morgan fingerprint density at radius 3 is 2.62 bits per heavy atom. The predicted octanol–water partition coefficient (Wildman–Crippen LogP) is 1.86. The second-order valence-corrected chi connectivity index (χ2v) is 5.85. The highest BCUT2D eigenvalue weighted by molar-refractivity contribution is 5.80. The van der Waals surface area contributed by atoms with E-state index in [1.54, 1.807) is 7.11 Å². The number of aliphatic imine (C=N–C) groups is 1. The topological polar surface area (TPSA) is 66.0 Å². The summed E-state index contributed by atoms with van der Waals surface area (Å²) in [5.74, 6) is 1.72. The molecule has 1 aromatic carbocycles. The number of rotatable bonds is 8. The number of hydrogen-bond donors (Lipinski definition) is 2. The third-order valence-electron chi connectivity index (χ3n) is 3.49. The summed E-state index contributed by atoms with van der Waals surface area (Å²) in [4.78, 5) is 18.2. The molecule has 1 amide bonds. The van der Waals surface area contributed by atoms with Gasteiger partial charge >= 0.3 is 0 Å². The van der Waals surface area contributed by atoms with Crippen molar-refractivity contribution in [2.75, 3.05) is 33.8 Å². The van der Waals surface area contributed by atoms with Crippen LogP contribution in [0.5, 0.6) is 5.75 Å². The minimum atomic E-state index is -0.00423. The van der Waals surface area contributed by atoms with Crippen LogP contribution >= 0.6 is 0 Å². The van der Waals surface area contributed by atoms with E-state index in [9.17, 15) is 4.79 Å². The lowest BCUT2D eigenvalue weighted by molar-refractivity contribution is -0.123. The lowest BCUT2D eigenvalue weighted by Gasteiger charge is -2.23. The van der Waals surface area contributed by atoms with Crippen LogP contribution in [0.15, 0.2) is 29.3 Å². The lowest BCUT2D eigenvalue weighted by Crippen LogP contribution is -2.39. The number of nitrogens with one attached hydrogen (secondary N) is 2. The van der Waals surface area contributed by atoms with Gasteiger partial charge in [0.25, 0.3) is 0 Å². The van der Waals surface area contributed by atoms with E-state index in [4.69, 9.17) is 4.74 Å². The van der Waals surface area contributed by atoms with Crippen LogP contribution in [-0.4, -0.2) is 50.6 Å². The van der Waals surface area contributed by atoms with Gasteiger partial charge in [0.1, 0.15) is 5.75 Å². The van der Waals surface area contributed by atoms with Crippen LogP contribution in [0.25, 0.3) is 0 Å². The van der Waals surface area contributed by atoms with Crippen molar-refractivity contribution >= 4 is 11.9 Å². The first kappa shape index (κ1) is 19.8. The Labute approximate surface area is 145 Å². The number of carbonyl (C=O) groups is 1. The van der Waals surface area contributed by atoms with Crippen LogP contribution in [-0.2, 0) is 11.3 Å². The van der Waals surface area contributed by atoms with Crippen LogP contribution in [0.2, 0.25) is 0 Å². The van der Waals surface area contributed by atoms with Gasteiger partial charge in [-0.2, -0.15) is 0 Å². The molecule has 6 heteroatoms. The number of para-hydroxylation sites is 1. The molecule has 0 atom stereocenters. The largest absolute Gasteiger partial charge is 0.496 e. The molecule has 0 saturated carbocycles. The fraction of sp³-hybridized carbons (Fsp3) is 0.556. The number of hydrogen-bond acceptors (Lipinski definition) is 3. The molecule has 0 unspecified atom stereocenters. The summed E-state index contributed by atoms with van der Waals surface area (Å²) in [6, 6.07) is 7.95. The van der Waals surface area contributed by atoms with Crippen LogP contribution in [0, 0.1) is 5.92 Å². The maximum absolute atomic E-state index is 11.6. The molecule has 6 nitrogen and oxygen atoms in total. The molecule has 0 aromatic heterocycles. The average Bonchev–Trinajstić information content (AvgIpc) is 2.57. The standard InChI is InChI=1S/C18H30N4O2/c1-6-19-18(21-12-11-20-17(23)14(2)3)22(4)13-15-9-7-8-10-16(15)24-5/h7-10,14H,6,11-13H2,1-5H3,(H,19,21)(H,20,23). The second-order valence-electron chi connectivity index (χ2n) is 5.85. The first-order valence-electron chi connectivity index (χ1n) is 8.38. The predicted molar refractivity (Wildman–Crippen MR) is 98.3 cm³/mol. The molecule has 1 aromatic rings. The number of methoxy groups -OCH3 is 1. The van der Waals surface area contributed by atoms with Gasteiger partial charge in [-0.05, 0) is 13.0 Å². The highest BCUT2D eigenvalue weighted by Crippen LogP contribution is 2.18. The van der Waals surface area contributed by atoms with E-state index in [0.717, 1.165) is 23.8 Å². The zero-order valence-electron chi connectivity index (χ0n) is 15.4. The first-order chi connectivity index (χ1) is 11.5. The number of amides is 1. The van der Waals surface area contributed by atoms with Crippen LogP contribution in [0.3, 0.4) is 0 Å². The molecule has 24 heavy (non-hydrogen) atoms. The molecule has 1 rings (SSSR count). The van der Waals surface area contributed by atoms with Gasteiger partial charge in [-0.25, -0.2) is 0 Å². The molecule has 0 bridgehead atoms. The van der Waals surface area contributed by atoms with Gasteiger partial charge in [-0.3, -0.25) is 9.79 Å². The van der Waals surface area contributed by atoms with Crippen molar-refractivity contribution in [1.82, 2.24) is 15.5 Å². The highest BCUT2D eigenvalue weighted by Gasteiger charge is 2.10. The number of carbonyl (C=O) groups excluding carboxylic acids is 1. The van der Waals surface area contributed by atoms with Crippen molar-refractivity contribution in [3.8, 4) is 5.75 Å². The van der Waals surface area contributed by atoms with Crippen molar-refractivity contribution in [1.29, 1.82) is 0 Å². The molecule has 0 saturated heterocycles. The molecule has 134 valence electrons. The summed E-state index contributed by atoms with van der Waals surface area (Å²) >= 11 is 0. The molecular formula is C18H30N4O2. The Hall–Kier alpha value is -2.24. The van der Waals surface area contributed by atoms with Gasteiger partial charge in [0.15, 0.2) is 5.96 Å². The summed E-state index contributed by atoms with van der Waals surface area (Å²) in [5, 5.41) is 6.15. The number of benzene rings is 1. The SMILES string of the molecule is CCNC(=NCCNC(=O)C(C)C)N(C)Cc1ccccc1OC. The Bertz CT molecular complexity index is 544. The molecular weight excluding hydrogens is 304 g/mol. The van der Waals surface area contributed by atoms with Gasteiger partial charge in [0.2, 0.25) is 5.91 Å². The highest BCUT2D eigenvalue weighted by atomic mass is 16.5. The molecule has 0 aliphatic rings. The fourth-order valence-electron chi connectivity index (χ4n) is 2.18. The zero-order valence-corrected chi connectivity index (χ0v) is 15.4. The second kappa shape index (κ2) is 10.5. The molecule has 0 fully saturated rings. The van der Waals surface area contributed by atoms with Crippen LogP contribution in [0.1, 0.15) is 26.3 Å². The number of nitrogens with zero attached hydrogens (tertiary/aromatic N) is 2. The van der Waals surface area contributed by atoms with Gasteiger partial charge in [0.05, 0.1) is 13.7 Å². The van der Waals surface area contributed by atoms with E-state index in [-0.39, 0.29) is 11.8 Å². The summed E-state index contributed by atoms with van der Waals surface area (Å²) in [6.45, 7) is 8.34. The van der Waals surface area contributed by atoms with E-state index in [1.807, 2.05) is 57.0 Å². The minimum Gasteiger partial charge on any atom is -0.496 e. The Morgan fingerprint density at radius 2 is 2.00 bits per heavy atom. The van der Waals surface area contributed by atoms with Crippen molar-refractivity contribution < 1.29 is 9.53 Å². The summed E-state index contributed by atoms with van der Waals surface area (Å²) < 4.78 is 5.40. The monoisotopic (exact) mass is 334 g/mol. The van der Waals surface area contributed by atoms with Gasteiger partial charge in [-0.15, -0.1) is 0 Å². The summed E-state index contributed by atoms with van der Waals surface area (Å²) in [7, 11) is 3.66. The van der Waals surface area contributed by atoms with E-state index in [2.05, 4.69) is 15.6 Å². The zero-order chi connectivity index (χ0) is 17.9. The van der Waals surface area contributed by atoms with Crippen molar-refractivity contribution in [2.24, 2.45) is 10.9 Å². The van der Waals surface area contributed by atoms with Gasteiger partial charge in [0, 0.05) is 38.2 Å². The molecule has 0 aliphatic carbocycles. The summed E-state index contributed by atoms with van der Waals surface area (Å²) in [6.07, 6.45) is 0. The minimum absolute atomic E-state index is 0.00423. The molecule has 0 heterocycles. The molecule has 2 N–H and O–H groups in total. The normalized spacial score (nSPS) is 11.3. The fourth-order valence-corrected chi connectivity index (χ4v) is 2.18. The average molecular weight is 334 g/mol. The third-order valence-corrected chi connectivity index (χ3v) is 3.49.